The number of hydrogen-bond acceptors (Lipinski definition) is 3. The molecule has 1 unspecified atom stereocenters. The second kappa shape index (κ2) is 4.45. The van der Waals surface area contributed by atoms with Crippen molar-refractivity contribution in [3.8, 4) is 0 Å². The average Bonchev–Trinajstić information content (AvgIpc) is 3.01. The monoisotopic (exact) mass is 287 g/mol. The summed E-state index contributed by atoms with van der Waals surface area (Å²) in [6, 6.07) is 4.23. The summed E-state index contributed by atoms with van der Waals surface area (Å²) in [5.41, 5.74) is 2.99. The molecule has 2 aliphatic rings. The summed E-state index contributed by atoms with van der Waals surface area (Å²) < 4.78 is 0. The van der Waals surface area contributed by atoms with Crippen molar-refractivity contribution >= 4 is 17.2 Å². The highest BCUT2D eigenvalue weighted by atomic mass is 32.1. The van der Waals surface area contributed by atoms with Crippen LogP contribution >= 0.6 is 11.3 Å². The van der Waals surface area contributed by atoms with Gasteiger partial charge in [0.1, 0.15) is 5.69 Å². The number of fused-ring (bicyclic) bond motifs is 1. The van der Waals surface area contributed by atoms with Crippen molar-refractivity contribution in [1.82, 2.24) is 15.1 Å². The predicted molar refractivity (Wildman–Crippen MR) is 78.0 cm³/mol. The summed E-state index contributed by atoms with van der Waals surface area (Å²) in [5, 5.41) is 9.36. The van der Waals surface area contributed by atoms with Crippen molar-refractivity contribution in [2.24, 2.45) is 0 Å². The van der Waals surface area contributed by atoms with E-state index in [4.69, 9.17) is 0 Å². The number of aromatic nitrogens is 2. The molecule has 1 amide bonds. The second-order valence-corrected chi connectivity index (χ2v) is 6.71. The maximum absolute atomic E-state index is 12.6. The van der Waals surface area contributed by atoms with Crippen LogP contribution in [0.4, 0.5) is 0 Å². The lowest BCUT2D eigenvalue weighted by Gasteiger charge is -2.33. The molecule has 1 saturated carbocycles. The molecule has 0 saturated heterocycles. The summed E-state index contributed by atoms with van der Waals surface area (Å²) >= 11 is 1.80. The van der Waals surface area contributed by atoms with Crippen LogP contribution in [0.25, 0.3) is 0 Å². The molecule has 0 radical (unpaired) electrons. The van der Waals surface area contributed by atoms with E-state index in [1.165, 1.54) is 23.3 Å². The predicted octanol–water partition coefficient (Wildman–Crippen LogP) is 3.11. The molecule has 1 atom stereocenters. The lowest BCUT2D eigenvalue weighted by atomic mass is 10.0. The number of aromatic amines is 1. The molecule has 3 heterocycles. The molecule has 1 aliphatic heterocycles. The van der Waals surface area contributed by atoms with Crippen molar-refractivity contribution in [3.63, 3.8) is 0 Å². The van der Waals surface area contributed by atoms with Gasteiger partial charge in [-0.3, -0.25) is 9.89 Å². The number of H-pyrrole nitrogens is 1. The van der Waals surface area contributed by atoms with Crippen molar-refractivity contribution in [2.75, 3.05) is 6.54 Å². The highest BCUT2D eigenvalue weighted by molar-refractivity contribution is 7.10. The van der Waals surface area contributed by atoms with Crippen molar-refractivity contribution < 1.29 is 4.79 Å². The van der Waals surface area contributed by atoms with E-state index in [1.807, 2.05) is 11.0 Å². The summed E-state index contributed by atoms with van der Waals surface area (Å²) in [5.74, 6) is 0.656. The van der Waals surface area contributed by atoms with Gasteiger partial charge in [-0.1, -0.05) is 0 Å². The quantitative estimate of drug-likeness (QED) is 0.922. The molecule has 104 valence electrons. The SMILES string of the molecule is CC1c2ccsc2CCN1C(=O)c1cc(C2CC2)[nH]n1. The molecular formula is C15H17N3OS. The van der Waals surface area contributed by atoms with E-state index in [9.17, 15) is 4.79 Å². The molecule has 0 spiro atoms. The van der Waals surface area contributed by atoms with Crippen LogP contribution in [0.1, 0.15) is 58.3 Å². The highest BCUT2D eigenvalue weighted by Gasteiger charge is 2.31. The van der Waals surface area contributed by atoms with Gasteiger partial charge in [0, 0.05) is 23.0 Å². The number of carbonyl (C=O) groups excluding carboxylic acids is 1. The van der Waals surface area contributed by atoms with Gasteiger partial charge in [-0.05, 0) is 49.3 Å². The van der Waals surface area contributed by atoms with Crippen molar-refractivity contribution in [3.05, 3.63) is 39.3 Å². The zero-order valence-electron chi connectivity index (χ0n) is 11.4. The lowest BCUT2D eigenvalue weighted by molar-refractivity contribution is 0.0673. The molecule has 2 aromatic heterocycles. The Balaban J connectivity index is 1.59. The first kappa shape index (κ1) is 12.1. The minimum absolute atomic E-state index is 0.0532. The third-order valence-corrected chi connectivity index (χ3v) is 5.37. The number of nitrogens with zero attached hydrogens (tertiary/aromatic N) is 2. The Morgan fingerprint density at radius 2 is 2.35 bits per heavy atom. The minimum atomic E-state index is 0.0532. The van der Waals surface area contributed by atoms with Gasteiger partial charge >= 0.3 is 0 Å². The normalized spacial score (nSPS) is 21.9. The van der Waals surface area contributed by atoms with Gasteiger partial charge in [-0.2, -0.15) is 5.10 Å². The Labute approximate surface area is 121 Å². The van der Waals surface area contributed by atoms with Gasteiger partial charge in [-0.15, -0.1) is 11.3 Å². The fraction of sp³-hybridized carbons (Fsp3) is 0.467. The second-order valence-electron chi connectivity index (χ2n) is 5.71. The first-order chi connectivity index (χ1) is 9.74. The van der Waals surface area contributed by atoms with E-state index in [0.717, 1.165) is 18.7 Å². The molecule has 2 aromatic rings. The largest absolute Gasteiger partial charge is 0.330 e. The molecule has 5 heteroatoms. The molecule has 1 aliphatic carbocycles. The van der Waals surface area contributed by atoms with Crippen LogP contribution in [-0.2, 0) is 6.42 Å². The number of carbonyl (C=O) groups is 1. The van der Waals surface area contributed by atoms with E-state index in [-0.39, 0.29) is 11.9 Å². The molecule has 4 nitrogen and oxygen atoms in total. The Kier molecular flexibility index (Phi) is 2.70. The summed E-state index contributed by atoms with van der Waals surface area (Å²) in [6.07, 6.45) is 3.39. The van der Waals surface area contributed by atoms with Crippen LogP contribution in [0.3, 0.4) is 0 Å². The zero-order valence-corrected chi connectivity index (χ0v) is 12.2. The third-order valence-electron chi connectivity index (χ3n) is 4.37. The van der Waals surface area contributed by atoms with E-state index in [1.54, 1.807) is 11.3 Å². The third kappa shape index (κ3) is 1.88. The average molecular weight is 287 g/mol. The Morgan fingerprint density at radius 3 is 3.15 bits per heavy atom. The fourth-order valence-corrected chi connectivity index (χ4v) is 3.95. The summed E-state index contributed by atoms with van der Waals surface area (Å²) in [6.45, 7) is 2.90. The molecule has 1 fully saturated rings. The number of nitrogens with one attached hydrogen (secondary N) is 1. The smallest absolute Gasteiger partial charge is 0.274 e. The fourth-order valence-electron chi connectivity index (χ4n) is 2.98. The highest BCUT2D eigenvalue weighted by Crippen LogP contribution is 2.39. The number of hydrogen-bond donors (Lipinski definition) is 1. The molecule has 1 N–H and O–H groups in total. The molecule has 0 bridgehead atoms. The topological polar surface area (TPSA) is 49.0 Å². The van der Waals surface area contributed by atoms with Gasteiger partial charge in [0.15, 0.2) is 0 Å². The lowest BCUT2D eigenvalue weighted by Crippen LogP contribution is -2.38. The summed E-state index contributed by atoms with van der Waals surface area (Å²) in [7, 11) is 0. The number of thiophene rings is 1. The van der Waals surface area contributed by atoms with Gasteiger partial charge in [-0.25, -0.2) is 0 Å². The number of rotatable bonds is 2. The Bertz CT molecular complexity index is 656. The number of amides is 1. The maximum Gasteiger partial charge on any atom is 0.274 e. The first-order valence-corrected chi connectivity index (χ1v) is 8.04. The van der Waals surface area contributed by atoms with Crippen molar-refractivity contribution in [2.45, 2.75) is 38.1 Å². The van der Waals surface area contributed by atoms with Gasteiger partial charge in [0.05, 0.1) is 6.04 Å². The van der Waals surface area contributed by atoms with Crippen LogP contribution in [0.5, 0.6) is 0 Å². The van der Waals surface area contributed by atoms with Gasteiger partial charge < -0.3 is 4.90 Å². The molecule has 0 aromatic carbocycles. The first-order valence-electron chi connectivity index (χ1n) is 7.16. The maximum atomic E-state index is 12.6. The zero-order chi connectivity index (χ0) is 13.7. The Morgan fingerprint density at radius 1 is 1.50 bits per heavy atom. The standard InChI is InChI=1S/C15H17N3OS/c1-9-11-5-7-20-14(11)4-6-18(9)15(19)13-8-12(16-17-13)10-2-3-10/h5,7-10H,2-4,6H2,1H3,(H,16,17). The van der Waals surface area contributed by atoms with Crippen LogP contribution < -0.4 is 0 Å². The van der Waals surface area contributed by atoms with E-state index in [2.05, 4.69) is 28.6 Å². The van der Waals surface area contributed by atoms with Crippen LogP contribution in [0.15, 0.2) is 17.5 Å². The van der Waals surface area contributed by atoms with Crippen molar-refractivity contribution in [1.29, 1.82) is 0 Å². The Hall–Kier alpha value is -1.62. The van der Waals surface area contributed by atoms with Gasteiger partial charge in [0.25, 0.3) is 5.91 Å². The van der Waals surface area contributed by atoms with E-state index in [0.29, 0.717) is 11.6 Å². The van der Waals surface area contributed by atoms with Crippen LogP contribution in [0, 0.1) is 0 Å². The molecule has 20 heavy (non-hydrogen) atoms. The molecule has 4 rings (SSSR count). The van der Waals surface area contributed by atoms with Crippen LogP contribution in [0.2, 0.25) is 0 Å². The van der Waals surface area contributed by atoms with E-state index >= 15 is 0 Å². The molecular weight excluding hydrogens is 270 g/mol. The van der Waals surface area contributed by atoms with Gasteiger partial charge in [0.2, 0.25) is 0 Å². The summed E-state index contributed by atoms with van der Waals surface area (Å²) in [4.78, 5) is 16.0. The van der Waals surface area contributed by atoms with Crippen LogP contribution in [-0.4, -0.2) is 27.5 Å². The van der Waals surface area contributed by atoms with E-state index < -0.39 is 0 Å². The minimum Gasteiger partial charge on any atom is -0.330 e.